The van der Waals surface area contributed by atoms with Gasteiger partial charge in [-0.3, -0.25) is 0 Å². The molecular weight excluding hydrogens is 292 g/mol. The number of aryl methyl sites for hydroxylation is 2. The lowest BCUT2D eigenvalue weighted by atomic mass is 10.1. The van der Waals surface area contributed by atoms with Crippen molar-refractivity contribution in [3.63, 3.8) is 0 Å². The van der Waals surface area contributed by atoms with Crippen molar-refractivity contribution < 1.29 is 4.74 Å². The second kappa shape index (κ2) is 5.19. The molecule has 0 atom stereocenters. The van der Waals surface area contributed by atoms with Crippen LogP contribution in [0.1, 0.15) is 16.8 Å². The third-order valence-corrected chi connectivity index (χ3v) is 3.37. The number of hydrogen-bond donors (Lipinski definition) is 0. The third-order valence-electron chi connectivity index (χ3n) is 2.53. The molecule has 0 spiro atoms. The van der Waals surface area contributed by atoms with Crippen molar-refractivity contribution in [1.82, 2.24) is 4.98 Å². The Morgan fingerprint density at radius 3 is 2.67 bits per heavy atom. The van der Waals surface area contributed by atoms with E-state index in [-0.39, 0.29) is 0 Å². The van der Waals surface area contributed by atoms with E-state index in [1.807, 2.05) is 26.0 Å². The van der Waals surface area contributed by atoms with Gasteiger partial charge in [0, 0.05) is 10.5 Å². The molecule has 3 nitrogen and oxygen atoms in total. The summed E-state index contributed by atoms with van der Waals surface area (Å²) in [6, 6.07) is 11.1. The summed E-state index contributed by atoms with van der Waals surface area (Å²) in [5, 5.41) is 8.87. The average Bonchev–Trinajstić information content (AvgIpc) is 2.36. The first-order valence-electron chi connectivity index (χ1n) is 5.42. The van der Waals surface area contributed by atoms with Crippen LogP contribution in [-0.4, -0.2) is 4.98 Å². The number of benzene rings is 1. The van der Waals surface area contributed by atoms with Crippen LogP contribution >= 0.6 is 15.9 Å². The van der Waals surface area contributed by atoms with Crippen molar-refractivity contribution in [1.29, 1.82) is 5.26 Å². The number of pyridine rings is 1. The van der Waals surface area contributed by atoms with Gasteiger partial charge in [0.05, 0.1) is 17.3 Å². The van der Waals surface area contributed by atoms with E-state index in [0.717, 1.165) is 15.7 Å². The first-order chi connectivity index (χ1) is 8.60. The van der Waals surface area contributed by atoms with Gasteiger partial charge in [0.15, 0.2) is 0 Å². The summed E-state index contributed by atoms with van der Waals surface area (Å²) in [4.78, 5) is 4.31. The fourth-order valence-electron chi connectivity index (χ4n) is 1.47. The van der Waals surface area contributed by atoms with Crippen LogP contribution in [0.3, 0.4) is 0 Å². The van der Waals surface area contributed by atoms with E-state index in [0.29, 0.717) is 17.2 Å². The first-order valence-corrected chi connectivity index (χ1v) is 6.21. The van der Waals surface area contributed by atoms with Crippen LogP contribution in [0, 0.1) is 25.2 Å². The minimum atomic E-state index is 0.522. The highest BCUT2D eigenvalue weighted by molar-refractivity contribution is 9.10. The molecule has 18 heavy (non-hydrogen) atoms. The fraction of sp³-hybridized carbons (Fsp3) is 0.143. The number of ether oxygens (including phenoxy) is 1. The number of aromatic nitrogens is 1. The molecule has 0 aliphatic heterocycles. The molecule has 0 saturated heterocycles. The molecule has 0 amide bonds. The molecule has 0 fully saturated rings. The summed E-state index contributed by atoms with van der Waals surface area (Å²) in [5.74, 6) is 1.18. The smallest absolute Gasteiger partial charge is 0.219 e. The predicted molar refractivity (Wildman–Crippen MR) is 72.6 cm³/mol. The Hall–Kier alpha value is -1.86. The van der Waals surface area contributed by atoms with E-state index >= 15 is 0 Å². The number of hydrogen-bond acceptors (Lipinski definition) is 3. The van der Waals surface area contributed by atoms with E-state index in [9.17, 15) is 0 Å². The van der Waals surface area contributed by atoms with Gasteiger partial charge in [0.2, 0.25) is 5.88 Å². The molecule has 2 rings (SSSR count). The zero-order chi connectivity index (χ0) is 13.1. The van der Waals surface area contributed by atoms with Gasteiger partial charge in [-0.2, -0.15) is 5.26 Å². The van der Waals surface area contributed by atoms with Gasteiger partial charge in [0.1, 0.15) is 5.75 Å². The van der Waals surface area contributed by atoms with Gasteiger partial charge >= 0.3 is 0 Å². The second-order valence-corrected chi connectivity index (χ2v) is 4.77. The Balaban J connectivity index is 2.33. The summed E-state index contributed by atoms with van der Waals surface area (Å²) in [6.45, 7) is 3.83. The molecule has 90 valence electrons. The molecule has 0 saturated carbocycles. The van der Waals surface area contributed by atoms with E-state index in [4.69, 9.17) is 10.00 Å². The van der Waals surface area contributed by atoms with Crippen LogP contribution in [-0.2, 0) is 0 Å². The fourth-order valence-corrected chi connectivity index (χ4v) is 1.69. The zero-order valence-corrected chi connectivity index (χ0v) is 11.7. The van der Waals surface area contributed by atoms with Crippen LogP contribution in [0.25, 0.3) is 0 Å². The van der Waals surface area contributed by atoms with Crippen molar-refractivity contribution in [2.75, 3.05) is 0 Å². The Morgan fingerprint density at radius 2 is 2.00 bits per heavy atom. The van der Waals surface area contributed by atoms with E-state index < -0.39 is 0 Å². The zero-order valence-electron chi connectivity index (χ0n) is 10.1. The van der Waals surface area contributed by atoms with Crippen LogP contribution in [0.5, 0.6) is 11.6 Å². The standard InChI is InChI=1S/C14H11BrN2O/c1-9-3-4-11(8-16)7-13(9)18-14-6-5-12(15)10(2)17-14/h3-7H,1-2H3. The lowest BCUT2D eigenvalue weighted by Gasteiger charge is -2.09. The Bertz CT molecular complexity index is 632. The van der Waals surface area contributed by atoms with Crippen molar-refractivity contribution in [2.24, 2.45) is 0 Å². The molecule has 0 unspecified atom stereocenters. The van der Waals surface area contributed by atoms with Crippen LogP contribution in [0.15, 0.2) is 34.8 Å². The molecule has 0 bridgehead atoms. The van der Waals surface area contributed by atoms with Gasteiger partial charge in [-0.15, -0.1) is 0 Å². The number of rotatable bonds is 2. The molecule has 1 aromatic heterocycles. The van der Waals surface area contributed by atoms with Gasteiger partial charge in [0.25, 0.3) is 0 Å². The highest BCUT2D eigenvalue weighted by atomic mass is 79.9. The Labute approximate surface area is 114 Å². The van der Waals surface area contributed by atoms with Gasteiger partial charge in [-0.05, 0) is 53.5 Å². The molecule has 0 aliphatic rings. The van der Waals surface area contributed by atoms with Crippen LogP contribution < -0.4 is 4.74 Å². The van der Waals surface area contributed by atoms with Crippen molar-refractivity contribution >= 4 is 15.9 Å². The SMILES string of the molecule is Cc1ccc(C#N)cc1Oc1ccc(Br)c(C)n1. The monoisotopic (exact) mass is 302 g/mol. The van der Waals surface area contributed by atoms with E-state index in [1.165, 1.54) is 0 Å². The summed E-state index contributed by atoms with van der Waals surface area (Å²) in [6.07, 6.45) is 0. The molecule has 0 aliphatic carbocycles. The highest BCUT2D eigenvalue weighted by Gasteiger charge is 2.05. The second-order valence-electron chi connectivity index (χ2n) is 3.91. The number of halogens is 1. The largest absolute Gasteiger partial charge is 0.439 e. The maximum Gasteiger partial charge on any atom is 0.219 e. The molecule has 1 aromatic carbocycles. The van der Waals surface area contributed by atoms with Gasteiger partial charge < -0.3 is 4.74 Å². The minimum Gasteiger partial charge on any atom is -0.439 e. The maximum atomic E-state index is 8.87. The van der Waals surface area contributed by atoms with Crippen molar-refractivity contribution in [3.05, 3.63) is 51.6 Å². The average molecular weight is 303 g/mol. The number of nitriles is 1. The molecule has 2 aromatic rings. The minimum absolute atomic E-state index is 0.522. The molecule has 4 heteroatoms. The summed E-state index contributed by atoms with van der Waals surface area (Å²) < 4.78 is 6.65. The Morgan fingerprint density at radius 1 is 1.22 bits per heavy atom. The van der Waals surface area contributed by atoms with Gasteiger partial charge in [-0.1, -0.05) is 6.07 Å². The summed E-state index contributed by atoms with van der Waals surface area (Å²) in [7, 11) is 0. The highest BCUT2D eigenvalue weighted by Crippen LogP contribution is 2.26. The number of nitrogens with zero attached hydrogens (tertiary/aromatic N) is 2. The maximum absolute atomic E-state index is 8.87. The molecular formula is C14H11BrN2O. The third kappa shape index (κ3) is 2.69. The van der Waals surface area contributed by atoms with E-state index in [1.54, 1.807) is 18.2 Å². The topological polar surface area (TPSA) is 45.9 Å². The Kier molecular flexibility index (Phi) is 3.63. The quantitative estimate of drug-likeness (QED) is 0.838. The predicted octanol–water partition coefficient (Wildman–Crippen LogP) is 4.12. The lowest BCUT2D eigenvalue weighted by Crippen LogP contribution is -1.93. The van der Waals surface area contributed by atoms with Crippen LogP contribution in [0.2, 0.25) is 0 Å². The van der Waals surface area contributed by atoms with Crippen LogP contribution in [0.4, 0.5) is 0 Å². The van der Waals surface area contributed by atoms with Gasteiger partial charge in [-0.25, -0.2) is 4.98 Å². The normalized spacial score (nSPS) is 9.89. The first kappa shape index (κ1) is 12.6. The summed E-state index contributed by atoms with van der Waals surface area (Å²) in [5.41, 5.74) is 2.40. The molecule has 1 heterocycles. The lowest BCUT2D eigenvalue weighted by molar-refractivity contribution is 0.458. The molecule has 0 radical (unpaired) electrons. The molecule has 0 N–H and O–H groups in total. The summed E-state index contributed by atoms with van der Waals surface area (Å²) >= 11 is 3.39. The van der Waals surface area contributed by atoms with E-state index in [2.05, 4.69) is 27.0 Å². The van der Waals surface area contributed by atoms with Crippen molar-refractivity contribution in [2.45, 2.75) is 13.8 Å². The van der Waals surface area contributed by atoms with Crippen molar-refractivity contribution in [3.8, 4) is 17.7 Å².